The minimum Gasteiger partial charge on any atom is -0.376 e. The number of aromatic nitrogens is 2. The van der Waals surface area contributed by atoms with Gasteiger partial charge in [-0.15, -0.1) is 0 Å². The summed E-state index contributed by atoms with van der Waals surface area (Å²) in [7, 11) is 0. The quantitative estimate of drug-likeness (QED) is 0.834. The lowest BCUT2D eigenvalue weighted by molar-refractivity contribution is -0.0373. The molecule has 2 fully saturated rings. The molecule has 7 heteroatoms. The topological polar surface area (TPSA) is 41.5 Å². The van der Waals surface area contributed by atoms with Crippen molar-refractivity contribution in [3.8, 4) is 0 Å². The van der Waals surface area contributed by atoms with E-state index in [0.29, 0.717) is 23.2 Å². The fourth-order valence-electron chi connectivity index (χ4n) is 3.79. The second kappa shape index (κ2) is 6.80. The Kier molecular flexibility index (Phi) is 4.52. The van der Waals surface area contributed by atoms with E-state index in [9.17, 15) is 8.78 Å². The monoisotopic (exact) mass is 348 g/mol. The van der Waals surface area contributed by atoms with Gasteiger partial charge in [-0.2, -0.15) is 0 Å². The Bertz CT molecular complexity index is 764. The summed E-state index contributed by atoms with van der Waals surface area (Å²) in [6, 6.07) is 2.78. The van der Waals surface area contributed by atoms with E-state index in [0.717, 1.165) is 63.6 Å². The number of fused-ring (bicyclic) bond motifs is 1. The summed E-state index contributed by atoms with van der Waals surface area (Å²) in [5, 5.41) is 0. The molecule has 0 N–H and O–H groups in total. The number of piperidine rings is 1. The number of ether oxygens (including phenoxy) is 1. The summed E-state index contributed by atoms with van der Waals surface area (Å²) < 4.78 is 32.3. The molecule has 0 aliphatic carbocycles. The molecule has 5 nitrogen and oxygen atoms in total. The van der Waals surface area contributed by atoms with Gasteiger partial charge in [0.2, 0.25) is 0 Å². The summed E-state index contributed by atoms with van der Waals surface area (Å²) >= 11 is 0. The second-order valence-corrected chi connectivity index (χ2v) is 6.88. The first-order chi connectivity index (χ1) is 12.1. The van der Waals surface area contributed by atoms with Gasteiger partial charge in [0.05, 0.1) is 29.9 Å². The van der Waals surface area contributed by atoms with Crippen LogP contribution in [0.15, 0.2) is 18.3 Å². The predicted octanol–water partition coefficient (Wildman–Crippen LogP) is 2.60. The smallest absolute Gasteiger partial charge is 0.161 e. The number of benzene rings is 1. The van der Waals surface area contributed by atoms with Crippen molar-refractivity contribution in [3.05, 3.63) is 30.0 Å². The van der Waals surface area contributed by atoms with Crippen LogP contribution in [0.3, 0.4) is 0 Å². The van der Waals surface area contributed by atoms with Gasteiger partial charge < -0.3 is 9.64 Å². The first kappa shape index (κ1) is 16.6. The summed E-state index contributed by atoms with van der Waals surface area (Å²) in [5.74, 6) is -1.05. The van der Waals surface area contributed by atoms with Crippen LogP contribution in [0.5, 0.6) is 0 Å². The Morgan fingerprint density at radius 2 is 1.80 bits per heavy atom. The van der Waals surface area contributed by atoms with Gasteiger partial charge in [0.15, 0.2) is 11.6 Å². The van der Waals surface area contributed by atoms with Gasteiger partial charge in [-0.05, 0) is 19.8 Å². The molecule has 3 heterocycles. The summed E-state index contributed by atoms with van der Waals surface area (Å²) in [4.78, 5) is 13.4. The van der Waals surface area contributed by atoms with E-state index in [2.05, 4.69) is 26.7 Å². The fraction of sp³-hybridized carbons (Fsp3) is 0.556. The van der Waals surface area contributed by atoms with Gasteiger partial charge in [0.25, 0.3) is 0 Å². The molecule has 0 saturated carbocycles. The Hall–Kier alpha value is -1.86. The number of halogens is 2. The van der Waals surface area contributed by atoms with Crippen LogP contribution in [0.1, 0.15) is 19.8 Å². The number of morpholine rings is 1. The first-order valence-corrected chi connectivity index (χ1v) is 8.82. The zero-order valence-electron chi connectivity index (χ0n) is 14.3. The average Bonchev–Trinajstić information content (AvgIpc) is 2.62. The molecule has 25 heavy (non-hydrogen) atoms. The van der Waals surface area contributed by atoms with Crippen LogP contribution in [0, 0.1) is 11.6 Å². The van der Waals surface area contributed by atoms with Crippen molar-refractivity contribution in [2.75, 3.05) is 37.7 Å². The highest BCUT2D eigenvalue weighted by Crippen LogP contribution is 2.24. The number of anilines is 1. The van der Waals surface area contributed by atoms with Gasteiger partial charge in [0.1, 0.15) is 5.82 Å². The van der Waals surface area contributed by atoms with E-state index in [1.807, 2.05) is 0 Å². The maximum atomic E-state index is 13.4. The molecule has 2 aliphatic rings. The lowest BCUT2D eigenvalue weighted by atomic mass is 10.0. The summed E-state index contributed by atoms with van der Waals surface area (Å²) in [6.45, 7) is 6.69. The molecule has 1 aromatic carbocycles. The minimum absolute atomic E-state index is 0.299. The van der Waals surface area contributed by atoms with Crippen molar-refractivity contribution < 1.29 is 13.5 Å². The number of hydrogen-bond donors (Lipinski definition) is 0. The zero-order valence-corrected chi connectivity index (χ0v) is 14.3. The van der Waals surface area contributed by atoms with Crippen LogP contribution in [0.2, 0.25) is 0 Å². The molecule has 1 aromatic heterocycles. The fourth-order valence-corrected chi connectivity index (χ4v) is 3.79. The van der Waals surface area contributed by atoms with Gasteiger partial charge in [-0.1, -0.05) is 0 Å². The highest BCUT2D eigenvalue weighted by Gasteiger charge is 2.28. The van der Waals surface area contributed by atoms with Crippen molar-refractivity contribution in [2.45, 2.75) is 31.9 Å². The summed E-state index contributed by atoms with van der Waals surface area (Å²) in [5.41, 5.74) is 0.764. The van der Waals surface area contributed by atoms with Crippen LogP contribution in [0.25, 0.3) is 11.0 Å². The lowest BCUT2D eigenvalue weighted by Gasteiger charge is -2.41. The molecule has 0 spiro atoms. The van der Waals surface area contributed by atoms with Crippen LogP contribution in [-0.4, -0.2) is 59.8 Å². The molecule has 1 atom stereocenters. The van der Waals surface area contributed by atoms with Gasteiger partial charge in [-0.25, -0.2) is 13.8 Å². The normalized spacial score (nSPS) is 23.3. The molecule has 2 aliphatic heterocycles. The molecule has 2 aromatic rings. The predicted molar refractivity (Wildman–Crippen MR) is 91.7 cm³/mol. The van der Waals surface area contributed by atoms with E-state index in [1.165, 1.54) is 0 Å². The van der Waals surface area contributed by atoms with Gasteiger partial charge in [0, 0.05) is 44.4 Å². The Morgan fingerprint density at radius 3 is 2.52 bits per heavy atom. The molecule has 0 bridgehead atoms. The Balaban J connectivity index is 1.45. The minimum atomic E-state index is -0.893. The van der Waals surface area contributed by atoms with Crippen molar-refractivity contribution >= 4 is 16.9 Å². The molecule has 4 rings (SSSR count). The maximum Gasteiger partial charge on any atom is 0.161 e. The zero-order chi connectivity index (χ0) is 17.4. The molecular formula is C18H22F2N4O. The van der Waals surface area contributed by atoms with Crippen molar-refractivity contribution in [1.29, 1.82) is 0 Å². The highest BCUT2D eigenvalue weighted by molar-refractivity contribution is 5.75. The second-order valence-electron chi connectivity index (χ2n) is 6.88. The SMILES string of the molecule is C[C@H]1CN(C2CCN(c3cnc4cc(F)c(F)cc4n3)CC2)CCO1. The average molecular weight is 348 g/mol. The van der Waals surface area contributed by atoms with Crippen LogP contribution in [-0.2, 0) is 4.74 Å². The van der Waals surface area contributed by atoms with Crippen LogP contribution < -0.4 is 4.90 Å². The standard InChI is InChI=1S/C18H22F2N4O/c1-12-11-24(6-7-25-12)13-2-4-23(5-3-13)18-10-21-16-8-14(19)15(20)9-17(16)22-18/h8-10,12-13H,2-7,11H2,1H3/t12-/m0/s1. The Labute approximate surface area is 145 Å². The number of rotatable bonds is 2. The molecule has 134 valence electrons. The van der Waals surface area contributed by atoms with Crippen molar-refractivity contribution in [3.63, 3.8) is 0 Å². The van der Waals surface area contributed by atoms with Gasteiger partial charge >= 0.3 is 0 Å². The van der Waals surface area contributed by atoms with E-state index < -0.39 is 11.6 Å². The molecule has 2 saturated heterocycles. The lowest BCUT2D eigenvalue weighted by Crippen LogP contribution is -2.51. The van der Waals surface area contributed by atoms with Crippen LogP contribution >= 0.6 is 0 Å². The number of nitrogens with zero attached hydrogens (tertiary/aromatic N) is 4. The maximum absolute atomic E-state index is 13.4. The molecule has 0 unspecified atom stereocenters. The van der Waals surface area contributed by atoms with E-state index >= 15 is 0 Å². The Morgan fingerprint density at radius 1 is 1.08 bits per heavy atom. The first-order valence-electron chi connectivity index (χ1n) is 8.82. The van der Waals surface area contributed by atoms with E-state index in [1.54, 1.807) is 6.20 Å². The molecular weight excluding hydrogens is 326 g/mol. The van der Waals surface area contributed by atoms with Crippen molar-refractivity contribution in [2.24, 2.45) is 0 Å². The van der Waals surface area contributed by atoms with Gasteiger partial charge in [-0.3, -0.25) is 9.88 Å². The third-order valence-corrected chi connectivity index (χ3v) is 5.15. The third-order valence-electron chi connectivity index (χ3n) is 5.15. The van der Waals surface area contributed by atoms with Crippen molar-refractivity contribution in [1.82, 2.24) is 14.9 Å². The largest absolute Gasteiger partial charge is 0.376 e. The summed E-state index contributed by atoms with van der Waals surface area (Å²) in [6.07, 6.45) is 4.07. The highest BCUT2D eigenvalue weighted by atomic mass is 19.2. The molecule has 0 amide bonds. The van der Waals surface area contributed by atoms with E-state index in [-0.39, 0.29) is 0 Å². The third kappa shape index (κ3) is 3.43. The van der Waals surface area contributed by atoms with E-state index in [4.69, 9.17) is 4.74 Å². The molecule has 0 radical (unpaired) electrons. The number of hydrogen-bond acceptors (Lipinski definition) is 5. The van der Waals surface area contributed by atoms with Crippen LogP contribution in [0.4, 0.5) is 14.6 Å².